The van der Waals surface area contributed by atoms with Crippen molar-refractivity contribution in [3.05, 3.63) is 53.5 Å². The number of rotatable bonds is 6. The molecule has 2 aromatic heterocycles. The molecular weight excluding hydrogens is 356 g/mol. The Kier molecular flexibility index (Phi) is 4.99. The molecule has 3 rings (SSSR count). The molecule has 0 aliphatic carbocycles. The van der Waals surface area contributed by atoms with E-state index in [0.29, 0.717) is 22.0 Å². The van der Waals surface area contributed by atoms with Crippen molar-refractivity contribution in [1.82, 2.24) is 9.29 Å². The zero-order chi connectivity index (χ0) is 17.9. The average molecular weight is 372 g/mol. The summed E-state index contributed by atoms with van der Waals surface area (Å²) < 4.78 is 26.5. The van der Waals surface area contributed by atoms with Gasteiger partial charge in [0.15, 0.2) is 0 Å². The highest BCUT2D eigenvalue weighted by Gasteiger charge is 2.21. The van der Waals surface area contributed by atoms with E-state index in [1.807, 2.05) is 24.3 Å². The van der Waals surface area contributed by atoms with E-state index in [-0.39, 0.29) is 6.54 Å². The Balaban J connectivity index is 1.77. The predicted octanol–water partition coefficient (Wildman–Crippen LogP) is 2.90. The molecule has 0 radical (unpaired) electrons. The molecule has 0 unspecified atom stereocenters. The summed E-state index contributed by atoms with van der Waals surface area (Å²) in [5.41, 5.74) is 1.89. The smallest absolute Gasteiger partial charge is 0.252 e. The maximum Gasteiger partial charge on any atom is 0.252 e. The molecule has 0 spiro atoms. The third-order valence-corrected chi connectivity index (χ3v) is 7.01. The molecule has 0 saturated heterocycles. The van der Waals surface area contributed by atoms with E-state index < -0.39 is 10.0 Å². The van der Waals surface area contributed by atoms with E-state index in [4.69, 9.17) is 0 Å². The van der Waals surface area contributed by atoms with Crippen LogP contribution in [-0.4, -0.2) is 37.8 Å². The third-order valence-electron chi connectivity index (χ3n) is 3.78. The Morgan fingerprint density at radius 2 is 2.08 bits per heavy atom. The minimum atomic E-state index is -3.47. The number of likely N-dealkylation sites (N-methyl/N-ethyl adjacent to an activating group) is 1. The van der Waals surface area contributed by atoms with Gasteiger partial charge in [-0.2, -0.15) is 9.57 Å². The van der Waals surface area contributed by atoms with E-state index >= 15 is 0 Å². The molecule has 3 aromatic rings. The molecule has 0 aliphatic heterocycles. The molecule has 0 bridgehead atoms. The van der Waals surface area contributed by atoms with E-state index in [1.165, 1.54) is 21.8 Å². The molecule has 0 aliphatic rings. The standard InChI is InChI=1S/C17H16N4O2S2/c1-21(25(22,23)16-7-4-10-24-16)9-8-19-17-13(11-18)12-20-15-6-3-2-5-14(15)17/h2-7,10,12H,8-9H2,1H3,(H,19,20). The van der Waals surface area contributed by atoms with Crippen LogP contribution >= 0.6 is 11.3 Å². The lowest BCUT2D eigenvalue weighted by Crippen LogP contribution is -2.31. The lowest BCUT2D eigenvalue weighted by molar-refractivity contribution is 0.482. The number of sulfonamides is 1. The Bertz CT molecular complexity index is 1020. The molecule has 128 valence electrons. The first-order valence-corrected chi connectivity index (χ1v) is 9.87. The van der Waals surface area contributed by atoms with Crippen LogP contribution in [0.4, 0.5) is 5.69 Å². The largest absolute Gasteiger partial charge is 0.382 e. The summed E-state index contributed by atoms with van der Waals surface area (Å²) in [7, 11) is -1.93. The van der Waals surface area contributed by atoms with E-state index in [1.54, 1.807) is 24.6 Å². The fraction of sp³-hybridized carbons (Fsp3) is 0.176. The zero-order valence-electron chi connectivity index (χ0n) is 13.5. The van der Waals surface area contributed by atoms with Gasteiger partial charge >= 0.3 is 0 Å². The van der Waals surface area contributed by atoms with Gasteiger partial charge in [-0.3, -0.25) is 4.98 Å². The van der Waals surface area contributed by atoms with Gasteiger partial charge in [-0.15, -0.1) is 11.3 Å². The molecule has 8 heteroatoms. The molecule has 1 aromatic carbocycles. The number of nitrogens with one attached hydrogen (secondary N) is 1. The maximum atomic E-state index is 12.4. The molecular formula is C17H16N4O2S2. The second-order valence-corrected chi connectivity index (χ2v) is 8.58. The second kappa shape index (κ2) is 7.19. The second-order valence-electron chi connectivity index (χ2n) is 5.36. The average Bonchev–Trinajstić information content (AvgIpc) is 3.17. The number of thiophene rings is 1. The first kappa shape index (κ1) is 17.4. The van der Waals surface area contributed by atoms with Gasteiger partial charge in [0, 0.05) is 31.7 Å². The number of nitriles is 1. The Labute approximate surface area is 150 Å². The zero-order valence-corrected chi connectivity index (χ0v) is 15.1. The van der Waals surface area contributed by atoms with Crippen LogP contribution in [-0.2, 0) is 10.0 Å². The van der Waals surface area contributed by atoms with Crippen molar-refractivity contribution in [1.29, 1.82) is 5.26 Å². The number of pyridine rings is 1. The number of benzene rings is 1. The lowest BCUT2D eigenvalue weighted by atomic mass is 10.1. The van der Waals surface area contributed by atoms with Crippen molar-refractivity contribution < 1.29 is 8.42 Å². The summed E-state index contributed by atoms with van der Waals surface area (Å²) in [5, 5.41) is 15.1. The van der Waals surface area contributed by atoms with Crippen LogP contribution in [0.15, 0.2) is 52.2 Å². The number of fused-ring (bicyclic) bond motifs is 1. The molecule has 0 atom stereocenters. The van der Waals surface area contributed by atoms with Gasteiger partial charge in [-0.1, -0.05) is 24.3 Å². The van der Waals surface area contributed by atoms with E-state index in [2.05, 4.69) is 16.4 Å². The monoisotopic (exact) mass is 372 g/mol. The van der Waals surface area contributed by atoms with Crippen LogP contribution < -0.4 is 5.32 Å². The summed E-state index contributed by atoms with van der Waals surface area (Å²) >= 11 is 1.19. The molecule has 0 saturated carbocycles. The number of anilines is 1. The predicted molar refractivity (Wildman–Crippen MR) is 99.1 cm³/mol. The van der Waals surface area contributed by atoms with Crippen LogP contribution in [0.3, 0.4) is 0 Å². The van der Waals surface area contributed by atoms with Crippen molar-refractivity contribution in [2.75, 3.05) is 25.5 Å². The van der Waals surface area contributed by atoms with Crippen molar-refractivity contribution in [2.45, 2.75) is 4.21 Å². The van der Waals surface area contributed by atoms with Gasteiger partial charge < -0.3 is 5.32 Å². The Morgan fingerprint density at radius 1 is 1.28 bits per heavy atom. The normalized spacial score (nSPS) is 11.6. The first-order valence-electron chi connectivity index (χ1n) is 7.55. The number of para-hydroxylation sites is 1. The van der Waals surface area contributed by atoms with Crippen molar-refractivity contribution in [3.63, 3.8) is 0 Å². The van der Waals surface area contributed by atoms with Crippen LogP contribution in [0.25, 0.3) is 10.9 Å². The molecule has 1 N–H and O–H groups in total. The number of hydrogen-bond acceptors (Lipinski definition) is 6. The highest BCUT2D eigenvalue weighted by molar-refractivity contribution is 7.91. The SMILES string of the molecule is CN(CCNc1c(C#N)cnc2ccccc12)S(=O)(=O)c1cccs1. The molecule has 0 amide bonds. The minimum Gasteiger partial charge on any atom is -0.382 e. The fourth-order valence-electron chi connectivity index (χ4n) is 2.44. The fourth-order valence-corrected chi connectivity index (χ4v) is 4.81. The van der Waals surface area contributed by atoms with Gasteiger partial charge in [0.2, 0.25) is 0 Å². The molecule has 0 fully saturated rings. The quantitative estimate of drug-likeness (QED) is 0.719. The number of aromatic nitrogens is 1. The van der Waals surface area contributed by atoms with E-state index in [9.17, 15) is 13.7 Å². The third kappa shape index (κ3) is 3.49. The molecule has 2 heterocycles. The summed E-state index contributed by atoms with van der Waals surface area (Å²) in [6.07, 6.45) is 1.52. The molecule has 25 heavy (non-hydrogen) atoms. The van der Waals surface area contributed by atoms with Crippen molar-refractivity contribution in [2.24, 2.45) is 0 Å². The minimum absolute atomic E-state index is 0.280. The van der Waals surface area contributed by atoms with Gasteiger partial charge in [0.25, 0.3) is 10.0 Å². The number of nitrogens with zero attached hydrogens (tertiary/aromatic N) is 3. The topological polar surface area (TPSA) is 86.1 Å². The van der Waals surface area contributed by atoms with Gasteiger partial charge in [0.05, 0.1) is 16.8 Å². The van der Waals surface area contributed by atoms with E-state index in [0.717, 1.165) is 10.9 Å². The summed E-state index contributed by atoms with van der Waals surface area (Å²) in [6, 6.07) is 12.9. The van der Waals surface area contributed by atoms with Crippen LogP contribution in [0, 0.1) is 11.3 Å². The molecule has 6 nitrogen and oxygen atoms in total. The van der Waals surface area contributed by atoms with Crippen molar-refractivity contribution in [3.8, 4) is 6.07 Å². The van der Waals surface area contributed by atoms with Crippen LogP contribution in [0.2, 0.25) is 0 Å². The highest BCUT2D eigenvalue weighted by Crippen LogP contribution is 2.25. The highest BCUT2D eigenvalue weighted by atomic mass is 32.2. The Morgan fingerprint density at radius 3 is 2.80 bits per heavy atom. The van der Waals surface area contributed by atoms with Gasteiger partial charge in [0.1, 0.15) is 10.3 Å². The first-order chi connectivity index (χ1) is 12.0. The summed E-state index contributed by atoms with van der Waals surface area (Å²) in [4.78, 5) is 4.26. The van der Waals surface area contributed by atoms with Gasteiger partial charge in [-0.05, 0) is 17.5 Å². The number of hydrogen-bond donors (Lipinski definition) is 1. The van der Waals surface area contributed by atoms with Crippen molar-refractivity contribution >= 4 is 38.0 Å². The summed E-state index contributed by atoms with van der Waals surface area (Å²) in [6.45, 7) is 0.658. The van der Waals surface area contributed by atoms with Gasteiger partial charge in [-0.25, -0.2) is 8.42 Å². The maximum absolute atomic E-state index is 12.4. The van der Waals surface area contributed by atoms with Crippen LogP contribution in [0.5, 0.6) is 0 Å². The Hall–Kier alpha value is -2.47. The lowest BCUT2D eigenvalue weighted by Gasteiger charge is -2.17. The summed E-state index contributed by atoms with van der Waals surface area (Å²) in [5.74, 6) is 0. The van der Waals surface area contributed by atoms with Crippen LogP contribution in [0.1, 0.15) is 5.56 Å².